The highest BCUT2D eigenvalue weighted by Crippen LogP contribution is 2.31. The van der Waals surface area contributed by atoms with E-state index >= 15 is 0 Å². The monoisotopic (exact) mass is 318 g/mol. The van der Waals surface area contributed by atoms with E-state index in [0.29, 0.717) is 12.8 Å². The molecule has 0 unspecified atom stereocenters. The third kappa shape index (κ3) is 3.72. The fourth-order valence-electron chi connectivity index (χ4n) is 2.02. The third-order valence-electron chi connectivity index (χ3n) is 3.58. The number of amides is 1. The van der Waals surface area contributed by atoms with Crippen molar-refractivity contribution in [3.05, 3.63) is 29.8 Å². The molecule has 1 amide bonds. The van der Waals surface area contributed by atoms with E-state index in [1.807, 2.05) is 0 Å². The number of thiocarbonyl (C=S) groups is 1. The van der Waals surface area contributed by atoms with E-state index in [2.05, 4.69) is 5.32 Å². The standard InChI is InChI=1S/C14H17F3N2OS/c1-3-13(4-2,11(18)21)12(20)19-10-7-5-9(6-8-10)14(15,16)17/h5-8H,3-4H2,1-2H3,(H2,18,21)(H,19,20). The minimum absolute atomic E-state index is 0.0805. The summed E-state index contributed by atoms with van der Waals surface area (Å²) in [7, 11) is 0. The van der Waals surface area contributed by atoms with Gasteiger partial charge in [0.15, 0.2) is 0 Å². The minimum Gasteiger partial charge on any atom is -0.392 e. The Morgan fingerprint density at radius 1 is 1.19 bits per heavy atom. The summed E-state index contributed by atoms with van der Waals surface area (Å²) >= 11 is 4.96. The molecule has 1 aromatic carbocycles. The molecule has 0 aromatic heterocycles. The summed E-state index contributed by atoms with van der Waals surface area (Å²) in [5.74, 6) is -0.403. The average Bonchev–Trinajstić information content (AvgIpc) is 2.40. The number of nitrogens with two attached hydrogens (primary N) is 1. The first-order valence-electron chi connectivity index (χ1n) is 6.46. The quantitative estimate of drug-likeness (QED) is 0.813. The van der Waals surface area contributed by atoms with Crippen molar-refractivity contribution in [1.82, 2.24) is 0 Å². The molecule has 0 spiro atoms. The highest BCUT2D eigenvalue weighted by atomic mass is 32.1. The molecule has 0 saturated carbocycles. The molecule has 7 heteroatoms. The highest BCUT2D eigenvalue weighted by Gasteiger charge is 2.38. The van der Waals surface area contributed by atoms with Gasteiger partial charge in [-0.1, -0.05) is 26.1 Å². The Morgan fingerprint density at radius 3 is 2.00 bits per heavy atom. The van der Waals surface area contributed by atoms with Crippen LogP contribution < -0.4 is 11.1 Å². The fourth-order valence-corrected chi connectivity index (χ4v) is 2.41. The average molecular weight is 318 g/mol. The van der Waals surface area contributed by atoms with Crippen LogP contribution in [0.4, 0.5) is 18.9 Å². The second-order valence-electron chi connectivity index (χ2n) is 4.68. The molecule has 0 fully saturated rings. The summed E-state index contributed by atoms with van der Waals surface area (Å²) in [5.41, 5.74) is 4.16. The summed E-state index contributed by atoms with van der Waals surface area (Å²) in [6.45, 7) is 3.57. The maximum absolute atomic E-state index is 12.5. The Bertz CT molecular complexity index is 522. The van der Waals surface area contributed by atoms with Crippen LogP contribution in [0, 0.1) is 5.41 Å². The van der Waals surface area contributed by atoms with Crippen LogP contribution in [0.3, 0.4) is 0 Å². The lowest BCUT2D eigenvalue weighted by Gasteiger charge is -2.28. The van der Waals surface area contributed by atoms with Crippen molar-refractivity contribution in [3.8, 4) is 0 Å². The van der Waals surface area contributed by atoms with Gasteiger partial charge >= 0.3 is 6.18 Å². The summed E-state index contributed by atoms with van der Waals surface area (Å²) in [5, 5.41) is 2.57. The van der Waals surface area contributed by atoms with Crippen LogP contribution in [0.2, 0.25) is 0 Å². The largest absolute Gasteiger partial charge is 0.416 e. The molecule has 1 rings (SSSR count). The van der Waals surface area contributed by atoms with Crippen molar-refractivity contribution in [3.63, 3.8) is 0 Å². The summed E-state index contributed by atoms with van der Waals surface area (Å²) in [6, 6.07) is 4.23. The molecular formula is C14H17F3N2OS. The number of rotatable bonds is 5. The lowest BCUT2D eigenvalue weighted by atomic mass is 9.81. The van der Waals surface area contributed by atoms with Crippen LogP contribution in [0.25, 0.3) is 0 Å². The Morgan fingerprint density at radius 2 is 1.67 bits per heavy atom. The van der Waals surface area contributed by atoms with Crippen LogP contribution in [0.1, 0.15) is 32.3 Å². The first kappa shape index (κ1) is 17.4. The molecule has 0 bridgehead atoms. The van der Waals surface area contributed by atoms with E-state index in [9.17, 15) is 18.0 Å². The molecule has 0 aliphatic rings. The van der Waals surface area contributed by atoms with Gasteiger partial charge in [-0.15, -0.1) is 0 Å². The number of nitrogens with one attached hydrogen (secondary N) is 1. The Balaban J connectivity index is 2.95. The topological polar surface area (TPSA) is 55.1 Å². The maximum atomic E-state index is 12.5. The number of carbonyl (C=O) groups is 1. The number of alkyl halides is 3. The van der Waals surface area contributed by atoms with Gasteiger partial charge in [-0.25, -0.2) is 0 Å². The van der Waals surface area contributed by atoms with Crippen LogP contribution in [0.15, 0.2) is 24.3 Å². The molecule has 0 atom stereocenters. The molecule has 0 aliphatic carbocycles. The van der Waals surface area contributed by atoms with Gasteiger partial charge in [0.25, 0.3) is 0 Å². The van der Waals surface area contributed by atoms with Crippen molar-refractivity contribution in [2.45, 2.75) is 32.9 Å². The number of anilines is 1. The van der Waals surface area contributed by atoms with Gasteiger partial charge in [0.2, 0.25) is 5.91 Å². The van der Waals surface area contributed by atoms with E-state index < -0.39 is 23.1 Å². The summed E-state index contributed by atoms with van der Waals surface area (Å²) in [6.07, 6.45) is -3.56. The number of hydrogen-bond donors (Lipinski definition) is 2. The molecular weight excluding hydrogens is 301 g/mol. The van der Waals surface area contributed by atoms with Crippen molar-refractivity contribution in [1.29, 1.82) is 0 Å². The third-order valence-corrected chi connectivity index (χ3v) is 3.97. The van der Waals surface area contributed by atoms with Gasteiger partial charge in [0, 0.05) is 5.69 Å². The van der Waals surface area contributed by atoms with Crippen molar-refractivity contribution >= 4 is 28.8 Å². The number of carbonyl (C=O) groups excluding carboxylic acids is 1. The molecule has 3 nitrogen and oxygen atoms in total. The van der Waals surface area contributed by atoms with Gasteiger partial charge in [0.05, 0.1) is 16.0 Å². The molecule has 0 saturated heterocycles. The SMILES string of the molecule is CCC(CC)(C(=O)Nc1ccc(C(F)(F)F)cc1)C(N)=S. The second-order valence-corrected chi connectivity index (χ2v) is 5.12. The van der Waals surface area contributed by atoms with Crippen molar-refractivity contribution in [2.24, 2.45) is 11.1 Å². The van der Waals surface area contributed by atoms with Crippen LogP contribution in [-0.4, -0.2) is 10.9 Å². The van der Waals surface area contributed by atoms with Crippen LogP contribution in [-0.2, 0) is 11.0 Å². The lowest BCUT2D eigenvalue weighted by Crippen LogP contribution is -2.45. The zero-order chi connectivity index (χ0) is 16.3. The van der Waals surface area contributed by atoms with E-state index in [1.165, 1.54) is 12.1 Å². The zero-order valence-corrected chi connectivity index (χ0v) is 12.6. The van der Waals surface area contributed by atoms with Crippen LogP contribution >= 0.6 is 12.2 Å². The number of hydrogen-bond acceptors (Lipinski definition) is 2. The predicted octanol–water partition coefficient (Wildman–Crippen LogP) is 3.74. The van der Waals surface area contributed by atoms with Crippen molar-refractivity contribution in [2.75, 3.05) is 5.32 Å². The molecule has 0 heterocycles. The number of benzene rings is 1. The van der Waals surface area contributed by atoms with E-state index in [0.717, 1.165) is 12.1 Å². The predicted molar refractivity (Wildman–Crippen MR) is 79.9 cm³/mol. The molecule has 0 radical (unpaired) electrons. The fraction of sp³-hybridized carbons (Fsp3) is 0.429. The van der Waals surface area contributed by atoms with E-state index in [1.54, 1.807) is 13.8 Å². The van der Waals surface area contributed by atoms with Gasteiger partial charge in [0.1, 0.15) is 0 Å². The molecule has 0 aliphatic heterocycles. The van der Waals surface area contributed by atoms with Crippen LogP contribution in [0.5, 0.6) is 0 Å². The van der Waals surface area contributed by atoms with E-state index in [-0.39, 0.29) is 10.7 Å². The van der Waals surface area contributed by atoms with Gasteiger partial charge < -0.3 is 11.1 Å². The second kappa shape index (κ2) is 6.43. The Kier molecular flexibility index (Phi) is 5.33. The lowest BCUT2D eigenvalue weighted by molar-refractivity contribution is -0.137. The molecule has 3 N–H and O–H groups in total. The molecule has 21 heavy (non-hydrogen) atoms. The maximum Gasteiger partial charge on any atom is 0.416 e. The first-order chi connectivity index (χ1) is 9.67. The first-order valence-corrected chi connectivity index (χ1v) is 6.86. The molecule has 116 valence electrons. The highest BCUT2D eigenvalue weighted by molar-refractivity contribution is 7.80. The van der Waals surface area contributed by atoms with Gasteiger partial charge in [-0.2, -0.15) is 13.2 Å². The Labute approximate surface area is 126 Å². The van der Waals surface area contributed by atoms with Gasteiger partial charge in [-0.3, -0.25) is 4.79 Å². The summed E-state index contributed by atoms with van der Waals surface area (Å²) < 4.78 is 37.4. The Hall–Kier alpha value is -1.63. The number of halogens is 3. The normalized spacial score (nSPS) is 12.0. The zero-order valence-electron chi connectivity index (χ0n) is 11.8. The summed E-state index contributed by atoms with van der Waals surface area (Å²) in [4.78, 5) is 12.4. The minimum atomic E-state index is -4.40. The van der Waals surface area contributed by atoms with E-state index in [4.69, 9.17) is 18.0 Å². The molecule has 1 aromatic rings. The smallest absolute Gasteiger partial charge is 0.392 e. The van der Waals surface area contributed by atoms with Gasteiger partial charge in [-0.05, 0) is 37.1 Å². The van der Waals surface area contributed by atoms with Crippen molar-refractivity contribution < 1.29 is 18.0 Å².